The third-order valence-electron chi connectivity index (χ3n) is 4.26. The van der Waals surface area contributed by atoms with Gasteiger partial charge in [0.2, 0.25) is 0 Å². The maximum absolute atomic E-state index is 6.01. The normalized spacial score (nSPS) is 12.6. The Bertz CT molecular complexity index is 722. The molecule has 0 heterocycles. The molecule has 1 unspecified atom stereocenters. The van der Waals surface area contributed by atoms with Crippen molar-refractivity contribution in [1.82, 2.24) is 5.32 Å². The Labute approximate surface area is 163 Å². The van der Waals surface area contributed by atoms with Gasteiger partial charge in [-0.05, 0) is 50.1 Å². The van der Waals surface area contributed by atoms with Crippen molar-refractivity contribution in [1.29, 1.82) is 0 Å². The lowest BCUT2D eigenvalue weighted by Gasteiger charge is -2.16. The molecule has 0 radical (unpaired) electrons. The van der Waals surface area contributed by atoms with Gasteiger partial charge < -0.3 is 14.8 Å². The summed E-state index contributed by atoms with van der Waals surface area (Å²) < 4.78 is 12.0. The topological polar surface area (TPSA) is 30.5 Å². The van der Waals surface area contributed by atoms with E-state index in [2.05, 4.69) is 67.7 Å². The average Bonchev–Trinajstić information content (AvgIpc) is 2.71. The molecule has 3 nitrogen and oxygen atoms in total. The summed E-state index contributed by atoms with van der Waals surface area (Å²) in [6, 6.07) is 16.5. The lowest BCUT2D eigenvalue weighted by atomic mass is 10.1. The summed E-state index contributed by atoms with van der Waals surface area (Å²) in [7, 11) is 1.96. The van der Waals surface area contributed by atoms with Gasteiger partial charge in [-0.15, -0.1) is 0 Å². The Morgan fingerprint density at radius 1 is 0.963 bits per heavy atom. The van der Waals surface area contributed by atoms with Crippen molar-refractivity contribution in [2.75, 3.05) is 13.7 Å². The first-order valence-corrected chi connectivity index (χ1v) is 9.66. The van der Waals surface area contributed by atoms with Crippen LogP contribution in [0.15, 0.2) is 72.8 Å². The van der Waals surface area contributed by atoms with E-state index in [1.54, 1.807) is 0 Å². The molecule has 2 aromatic rings. The number of ether oxygens (including phenoxy) is 2. The monoisotopic (exact) mass is 365 g/mol. The molecule has 2 rings (SSSR count). The van der Waals surface area contributed by atoms with E-state index >= 15 is 0 Å². The zero-order valence-corrected chi connectivity index (χ0v) is 16.7. The summed E-state index contributed by atoms with van der Waals surface area (Å²) in [5.74, 6) is 1.67. The second-order valence-electron chi connectivity index (χ2n) is 6.42. The number of benzene rings is 2. The van der Waals surface area contributed by atoms with Gasteiger partial charge in [0, 0.05) is 12.1 Å². The average molecular weight is 366 g/mol. The Morgan fingerprint density at radius 3 is 2.37 bits per heavy atom. The minimum atomic E-state index is 0.228. The molecule has 0 aliphatic heterocycles. The second-order valence-corrected chi connectivity index (χ2v) is 6.42. The minimum absolute atomic E-state index is 0.228. The molecule has 0 amide bonds. The smallest absolute Gasteiger partial charge is 0.123 e. The standard InChI is InChI=1S/C24H31NO2/c1-4-5-6-7-8-12-15-26-23-16-22(20(2)25-3)17-24(18-23)27-19-21-13-10-9-11-14-21/h5-11,13-14,16-18,20,25H,4,12,15,19H2,1-3H3/b6-5-,8-7-. The van der Waals surface area contributed by atoms with Gasteiger partial charge in [-0.1, -0.05) is 61.6 Å². The van der Waals surface area contributed by atoms with E-state index in [9.17, 15) is 0 Å². The van der Waals surface area contributed by atoms with E-state index < -0.39 is 0 Å². The van der Waals surface area contributed by atoms with Crippen molar-refractivity contribution >= 4 is 0 Å². The summed E-state index contributed by atoms with van der Waals surface area (Å²) in [6.07, 6.45) is 10.3. The molecule has 0 aliphatic rings. The molecule has 1 atom stereocenters. The van der Waals surface area contributed by atoms with E-state index in [0.29, 0.717) is 13.2 Å². The first-order valence-electron chi connectivity index (χ1n) is 9.66. The van der Waals surface area contributed by atoms with Gasteiger partial charge in [-0.3, -0.25) is 0 Å². The maximum Gasteiger partial charge on any atom is 0.123 e. The Hall–Kier alpha value is -2.52. The lowest BCUT2D eigenvalue weighted by molar-refractivity contribution is 0.296. The highest BCUT2D eigenvalue weighted by molar-refractivity contribution is 5.40. The molecule has 27 heavy (non-hydrogen) atoms. The quantitative estimate of drug-likeness (QED) is 0.401. The van der Waals surface area contributed by atoms with Crippen LogP contribution in [0.5, 0.6) is 11.5 Å². The van der Waals surface area contributed by atoms with Crippen molar-refractivity contribution in [3.8, 4) is 11.5 Å². The largest absolute Gasteiger partial charge is 0.493 e. The van der Waals surface area contributed by atoms with Crippen molar-refractivity contribution < 1.29 is 9.47 Å². The van der Waals surface area contributed by atoms with E-state index in [4.69, 9.17) is 9.47 Å². The zero-order chi connectivity index (χ0) is 19.3. The van der Waals surface area contributed by atoms with Crippen LogP contribution in [0.2, 0.25) is 0 Å². The van der Waals surface area contributed by atoms with Crippen LogP contribution >= 0.6 is 0 Å². The highest BCUT2D eigenvalue weighted by Crippen LogP contribution is 2.27. The number of nitrogens with one attached hydrogen (secondary N) is 1. The highest BCUT2D eigenvalue weighted by Gasteiger charge is 2.08. The van der Waals surface area contributed by atoms with Crippen molar-refractivity contribution in [3.63, 3.8) is 0 Å². The van der Waals surface area contributed by atoms with Gasteiger partial charge in [0.25, 0.3) is 0 Å². The SMILES string of the molecule is CC/C=C\C=C/CCOc1cc(OCc2ccccc2)cc(C(C)NC)c1. The van der Waals surface area contributed by atoms with Crippen LogP contribution in [0.1, 0.15) is 43.9 Å². The van der Waals surface area contributed by atoms with Crippen molar-refractivity contribution in [3.05, 3.63) is 84.0 Å². The third-order valence-corrected chi connectivity index (χ3v) is 4.26. The van der Waals surface area contributed by atoms with Crippen LogP contribution < -0.4 is 14.8 Å². The molecule has 144 valence electrons. The number of allylic oxidation sites excluding steroid dienone is 3. The fourth-order valence-electron chi connectivity index (χ4n) is 2.55. The summed E-state index contributed by atoms with van der Waals surface area (Å²) >= 11 is 0. The van der Waals surface area contributed by atoms with Crippen molar-refractivity contribution in [2.24, 2.45) is 0 Å². The molecule has 0 saturated carbocycles. The van der Waals surface area contributed by atoms with Gasteiger partial charge in [-0.25, -0.2) is 0 Å². The van der Waals surface area contributed by atoms with Gasteiger partial charge in [0.1, 0.15) is 18.1 Å². The molecule has 0 aliphatic carbocycles. The third kappa shape index (κ3) is 7.71. The van der Waals surface area contributed by atoms with Crippen molar-refractivity contribution in [2.45, 2.75) is 39.3 Å². The summed E-state index contributed by atoms with van der Waals surface area (Å²) in [5, 5.41) is 3.28. The number of hydrogen-bond donors (Lipinski definition) is 1. The minimum Gasteiger partial charge on any atom is -0.493 e. The van der Waals surface area contributed by atoms with Gasteiger partial charge >= 0.3 is 0 Å². The van der Waals surface area contributed by atoms with Crippen LogP contribution in [0, 0.1) is 0 Å². The lowest BCUT2D eigenvalue weighted by Crippen LogP contribution is -2.12. The predicted molar refractivity (Wildman–Crippen MR) is 113 cm³/mol. The van der Waals surface area contributed by atoms with Crippen LogP contribution in [0.3, 0.4) is 0 Å². The molecule has 0 bridgehead atoms. The van der Waals surface area contributed by atoms with E-state index in [1.165, 1.54) is 0 Å². The molecule has 0 fully saturated rings. The molecular weight excluding hydrogens is 334 g/mol. The summed E-state index contributed by atoms with van der Waals surface area (Å²) in [5.41, 5.74) is 2.30. The van der Waals surface area contributed by atoms with E-state index in [-0.39, 0.29) is 6.04 Å². The fraction of sp³-hybridized carbons (Fsp3) is 0.333. The Balaban J connectivity index is 2.00. The maximum atomic E-state index is 6.01. The van der Waals surface area contributed by atoms with Crippen LogP contribution in [-0.2, 0) is 6.61 Å². The molecule has 0 aromatic heterocycles. The molecule has 3 heteroatoms. The highest BCUT2D eigenvalue weighted by atomic mass is 16.5. The van der Waals surface area contributed by atoms with E-state index in [1.807, 2.05) is 31.3 Å². The van der Waals surface area contributed by atoms with Gasteiger partial charge in [0.15, 0.2) is 0 Å². The Morgan fingerprint density at radius 2 is 1.67 bits per heavy atom. The number of hydrogen-bond acceptors (Lipinski definition) is 3. The summed E-state index contributed by atoms with van der Waals surface area (Å²) in [4.78, 5) is 0. The first kappa shape index (κ1) is 20.8. The van der Waals surface area contributed by atoms with E-state index in [0.717, 1.165) is 35.5 Å². The molecule has 1 N–H and O–H groups in total. The summed E-state index contributed by atoms with van der Waals surface area (Å²) in [6.45, 7) is 5.45. The Kier molecular flexibility index (Phi) is 9.22. The van der Waals surface area contributed by atoms with Crippen LogP contribution in [0.25, 0.3) is 0 Å². The van der Waals surface area contributed by atoms with Gasteiger partial charge in [0.05, 0.1) is 6.61 Å². The van der Waals surface area contributed by atoms with Crippen LogP contribution in [-0.4, -0.2) is 13.7 Å². The molecule has 2 aromatic carbocycles. The predicted octanol–water partition coefficient (Wildman–Crippen LogP) is 5.84. The number of rotatable bonds is 11. The fourth-order valence-corrected chi connectivity index (χ4v) is 2.55. The molecule has 0 spiro atoms. The molecular formula is C24H31NO2. The van der Waals surface area contributed by atoms with Crippen LogP contribution in [0.4, 0.5) is 0 Å². The first-order chi connectivity index (χ1) is 13.2. The zero-order valence-electron chi connectivity index (χ0n) is 16.7. The second kappa shape index (κ2) is 12.0. The van der Waals surface area contributed by atoms with Gasteiger partial charge in [-0.2, -0.15) is 0 Å². The molecule has 0 saturated heterocycles.